The molecule has 0 bridgehead atoms. The van der Waals surface area contributed by atoms with Crippen LogP contribution in [0.5, 0.6) is 0 Å². The number of hydrogen-bond donors (Lipinski definition) is 1. The van der Waals surface area contributed by atoms with E-state index in [1.165, 1.54) is 19.1 Å². The van der Waals surface area contributed by atoms with Crippen molar-refractivity contribution in [3.05, 3.63) is 0 Å². The van der Waals surface area contributed by atoms with Gasteiger partial charge in [-0.1, -0.05) is 20.3 Å². The molecule has 0 radical (unpaired) electrons. The number of sulfone groups is 1. The highest BCUT2D eigenvalue weighted by atomic mass is 32.2. The lowest BCUT2D eigenvalue weighted by Crippen LogP contribution is -2.61. The van der Waals surface area contributed by atoms with E-state index < -0.39 is 9.84 Å². The van der Waals surface area contributed by atoms with Crippen molar-refractivity contribution in [3.63, 3.8) is 0 Å². The van der Waals surface area contributed by atoms with Gasteiger partial charge in [-0.05, 0) is 44.6 Å². The lowest BCUT2D eigenvalue weighted by Gasteiger charge is -2.45. The minimum absolute atomic E-state index is 0.271. The van der Waals surface area contributed by atoms with E-state index in [0.717, 1.165) is 32.2 Å². The van der Waals surface area contributed by atoms with Crippen molar-refractivity contribution < 1.29 is 8.42 Å². The monoisotopic (exact) mass is 302 g/mol. The zero-order chi connectivity index (χ0) is 15.0. The third kappa shape index (κ3) is 3.20. The fraction of sp³-hybridized carbons (Fsp3) is 1.00. The summed E-state index contributed by atoms with van der Waals surface area (Å²) in [4.78, 5) is 2.48. The van der Waals surface area contributed by atoms with Crippen molar-refractivity contribution in [2.75, 3.05) is 19.3 Å². The van der Waals surface area contributed by atoms with Gasteiger partial charge in [-0.3, -0.25) is 4.90 Å². The molecule has 0 aliphatic heterocycles. The van der Waals surface area contributed by atoms with Gasteiger partial charge in [0.15, 0.2) is 9.84 Å². The van der Waals surface area contributed by atoms with Gasteiger partial charge in [0, 0.05) is 18.8 Å². The van der Waals surface area contributed by atoms with Gasteiger partial charge in [0.1, 0.15) is 0 Å². The van der Waals surface area contributed by atoms with Gasteiger partial charge in [-0.2, -0.15) is 0 Å². The van der Waals surface area contributed by atoms with E-state index in [2.05, 4.69) is 18.7 Å². The van der Waals surface area contributed by atoms with E-state index in [4.69, 9.17) is 5.73 Å². The third-order valence-corrected chi connectivity index (χ3v) is 6.76. The number of nitrogens with two attached hydrogens (primary N) is 1. The van der Waals surface area contributed by atoms with Crippen molar-refractivity contribution >= 4 is 9.84 Å². The van der Waals surface area contributed by atoms with E-state index >= 15 is 0 Å². The van der Waals surface area contributed by atoms with Gasteiger partial charge in [0.25, 0.3) is 0 Å². The average Bonchev–Trinajstić information content (AvgIpc) is 3.06. The Kier molecular flexibility index (Phi) is 4.82. The van der Waals surface area contributed by atoms with Crippen LogP contribution in [-0.2, 0) is 9.84 Å². The molecule has 2 aliphatic carbocycles. The third-order valence-electron chi connectivity index (χ3n) is 5.05. The highest BCUT2D eigenvalue weighted by molar-refractivity contribution is 7.91. The van der Waals surface area contributed by atoms with Gasteiger partial charge >= 0.3 is 0 Å². The lowest BCUT2D eigenvalue weighted by molar-refractivity contribution is 0.0865. The molecule has 0 aromatic carbocycles. The maximum Gasteiger partial charge on any atom is 0.152 e. The molecule has 2 rings (SSSR count). The van der Waals surface area contributed by atoms with Crippen LogP contribution in [0.15, 0.2) is 0 Å². The molecule has 2 aliphatic rings. The van der Waals surface area contributed by atoms with Crippen LogP contribution in [-0.4, -0.2) is 49.5 Å². The molecule has 0 saturated heterocycles. The number of nitrogens with zero attached hydrogens (tertiary/aromatic N) is 1. The van der Waals surface area contributed by atoms with E-state index in [0.29, 0.717) is 18.5 Å². The van der Waals surface area contributed by atoms with Gasteiger partial charge in [-0.25, -0.2) is 8.42 Å². The first kappa shape index (κ1) is 16.2. The standard InChI is InChI=1S/C15H30N2O2S/c1-12(2)8-10-17(13-6-7-13)15(11-16)9-4-5-14(15)20(3,18)19/h12-14H,4-11,16H2,1-3H3. The average molecular weight is 302 g/mol. The van der Waals surface area contributed by atoms with Gasteiger partial charge < -0.3 is 5.73 Å². The number of hydrogen-bond acceptors (Lipinski definition) is 4. The second kappa shape index (κ2) is 5.93. The first-order valence-electron chi connectivity index (χ1n) is 7.97. The van der Waals surface area contributed by atoms with Crippen LogP contribution in [0.25, 0.3) is 0 Å². The molecule has 0 aromatic heterocycles. The highest BCUT2D eigenvalue weighted by Crippen LogP contribution is 2.44. The minimum atomic E-state index is -3.03. The van der Waals surface area contributed by atoms with Gasteiger partial charge in [0.2, 0.25) is 0 Å². The molecule has 118 valence electrons. The first-order valence-corrected chi connectivity index (χ1v) is 9.92. The molecule has 0 amide bonds. The molecule has 20 heavy (non-hydrogen) atoms. The SMILES string of the molecule is CC(C)CCN(C1CC1)C1(CN)CCCC1S(C)(=O)=O. The van der Waals surface area contributed by atoms with Crippen LogP contribution in [0.3, 0.4) is 0 Å². The maximum atomic E-state index is 12.2. The summed E-state index contributed by atoms with van der Waals surface area (Å²) < 4.78 is 24.4. The molecule has 0 aromatic rings. The maximum absolute atomic E-state index is 12.2. The predicted molar refractivity (Wildman–Crippen MR) is 83.5 cm³/mol. The Hall–Kier alpha value is -0.130. The summed E-state index contributed by atoms with van der Waals surface area (Å²) in [6.07, 6.45) is 7.62. The molecule has 0 heterocycles. The Morgan fingerprint density at radius 3 is 2.40 bits per heavy atom. The summed E-state index contributed by atoms with van der Waals surface area (Å²) in [6.45, 7) is 5.91. The van der Waals surface area contributed by atoms with Crippen molar-refractivity contribution in [1.29, 1.82) is 0 Å². The smallest absolute Gasteiger partial charge is 0.152 e. The van der Waals surface area contributed by atoms with Crippen molar-refractivity contribution in [3.8, 4) is 0 Å². The zero-order valence-electron chi connectivity index (χ0n) is 13.1. The molecule has 5 heteroatoms. The van der Waals surface area contributed by atoms with E-state index in [1.54, 1.807) is 0 Å². The summed E-state index contributed by atoms with van der Waals surface area (Å²) in [7, 11) is -3.03. The molecule has 2 N–H and O–H groups in total. The second-order valence-corrected chi connectivity index (χ2v) is 9.35. The Labute approximate surface area is 124 Å². The molecule has 2 unspecified atom stereocenters. The summed E-state index contributed by atoms with van der Waals surface area (Å²) >= 11 is 0. The largest absolute Gasteiger partial charge is 0.329 e. The van der Waals surface area contributed by atoms with Gasteiger partial charge in [-0.15, -0.1) is 0 Å². The Morgan fingerprint density at radius 2 is 1.95 bits per heavy atom. The Balaban J connectivity index is 2.26. The Morgan fingerprint density at radius 1 is 1.30 bits per heavy atom. The molecular formula is C15H30N2O2S. The Bertz CT molecular complexity index is 431. The first-order chi connectivity index (χ1) is 9.31. The normalized spacial score (nSPS) is 31.4. The molecular weight excluding hydrogens is 272 g/mol. The fourth-order valence-corrected chi connectivity index (χ4v) is 5.61. The zero-order valence-corrected chi connectivity index (χ0v) is 14.0. The highest BCUT2D eigenvalue weighted by Gasteiger charge is 2.53. The summed E-state index contributed by atoms with van der Waals surface area (Å²) in [5, 5.41) is -0.271. The van der Waals surface area contributed by atoms with Crippen LogP contribution >= 0.6 is 0 Å². The fourth-order valence-electron chi connectivity index (χ4n) is 3.87. The van der Waals surface area contributed by atoms with Crippen molar-refractivity contribution in [2.24, 2.45) is 11.7 Å². The van der Waals surface area contributed by atoms with E-state index in [9.17, 15) is 8.42 Å². The van der Waals surface area contributed by atoms with E-state index in [-0.39, 0.29) is 10.8 Å². The summed E-state index contributed by atoms with van der Waals surface area (Å²) in [5.74, 6) is 0.643. The van der Waals surface area contributed by atoms with Crippen molar-refractivity contribution in [1.82, 2.24) is 4.90 Å². The predicted octanol–water partition coefficient (Wildman–Crippen LogP) is 1.79. The summed E-state index contributed by atoms with van der Waals surface area (Å²) in [6, 6.07) is 0.569. The molecule has 2 atom stereocenters. The van der Waals surface area contributed by atoms with Crippen LogP contribution in [0, 0.1) is 5.92 Å². The van der Waals surface area contributed by atoms with Crippen LogP contribution in [0.2, 0.25) is 0 Å². The molecule has 0 spiro atoms. The van der Waals surface area contributed by atoms with Crippen LogP contribution in [0.1, 0.15) is 52.4 Å². The number of rotatable bonds is 7. The second-order valence-electron chi connectivity index (χ2n) is 7.13. The molecule has 4 nitrogen and oxygen atoms in total. The topological polar surface area (TPSA) is 63.4 Å². The van der Waals surface area contributed by atoms with Gasteiger partial charge in [0.05, 0.1) is 10.8 Å². The molecule has 2 saturated carbocycles. The van der Waals surface area contributed by atoms with E-state index in [1.807, 2.05) is 0 Å². The lowest BCUT2D eigenvalue weighted by atomic mass is 9.93. The van der Waals surface area contributed by atoms with Crippen LogP contribution < -0.4 is 5.73 Å². The quantitative estimate of drug-likeness (QED) is 0.779. The van der Waals surface area contributed by atoms with Crippen molar-refractivity contribution in [2.45, 2.75) is 69.2 Å². The molecule has 2 fully saturated rings. The summed E-state index contributed by atoms with van der Waals surface area (Å²) in [5.41, 5.74) is 5.82. The van der Waals surface area contributed by atoms with Crippen LogP contribution in [0.4, 0.5) is 0 Å². The minimum Gasteiger partial charge on any atom is -0.329 e.